The monoisotopic (exact) mass is 169 g/mol. The van der Waals surface area contributed by atoms with Crippen LogP contribution in [0.4, 0.5) is 0 Å². The van der Waals surface area contributed by atoms with Crippen LogP contribution in [0.3, 0.4) is 0 Å². The minimum Gasteiger partial charge on any atom is -0.480 e. The van der Waals surface area contributed by atoms with Crippen molar-refractivity contribution in [3.63, 3.8) is 0 Å². The summed E-state index contributed by atoms with van der Waals surface area (Å²) in [5.74, 6) is -0.515. The van der Waals surface area contributed by atoms with Crippen molar-refractivity contribution in [2.24, 2.45) is 11.7 Å². The quantitative estimate of drug-likeness (QED) is 0.623. The fourth-order valence-corrected chi connectivity index (χ4v) is 1.51. The SMILES string of the molecule is N[C@H](C[C@H]1C=CCCC1)C(=O)O. The fourth-order valence-electron chi connectivity index (χ4n) is 1.51. The Morgan fingerprint density at radius 2 is 2.50 bits per heavy atom. The van der Waals surface area contributed by atoms with E-state index in [2.05, 4.69) is 12.2 Å². The highest BCUT2D eigenvalue weighted by Crippen LogP contribution is 2.20. The van der Waals surface area contributed by atoms with Crippen molar-refractivity contribution in [3.8, 4) is 0 Å². The van der Waals surface area contributed by atoms with E-state index < -0.39 is 12.0 Å². The highest BCUT2D eigenvalue weighted by Gasteiger charge is 2.17. The van der Waals surface area contributed by atoms with Crippen molar-refractivity contribution >= 4 is 5.97 Å². The van der Waals surface area contributed by atoms with E-state index in [0.29, 0.717) is 12.3 Å². The van der Waals surface area contributed by atoms with Gasteiger partial charge in [0.2, 0.25) is 0 Å². The number of nitrogens with two attached hydrogens (primary N) is 1. The predicted molar refractivity (Wildman–Crippen MR) is 46.7 cm³/mol. The zero-order valence-electron chi connectivity index (χ0n) is 7.07. The molecular weight excluding hydrogens is 154 g/mol. The number of carbonyl (C=O) groups is 1. The summed E-state index contributed by atoms with van der Waals surface area (Å²) in [6.07, 6.45) is 8.14. The molecule has 0 aromatic rings. The second-order valence-electron chi connectivity index (χ2n) is 3.30. The summed E-state index contributed by atoms with van der Waals surface area (Å²) in [5, 5.41) is 8.56. The molecule has 3 N–H and O–H groups in total. The molecule has 0 heterocycles. The normalized spacial score (nSPS) is 25.2. The first-order valence-electron chi connectivity index (χ1n) is 4.35. The van der Waals surface area contributed by atoms with Crippen molar-refractivity contribution in [1.82, 2.24) is 0 Å². The molecule has 0 aromatic carbocycles. The van der Waals surface area contributed by atoms with Crippen molar-refractivity contribution in [2.45, 2.75) is 31.7 Å². The van der Waals surface area contributed by atoms with Gasteiger partial charge in [-0.3, -0.25) is 4.79 Å². The van der Waals surface area contributed by atoms with Gasteiger partial charge in [0.05, 0.1) is 0 Å². The molecule has 0 radical (unpaired) electrons. The predicted octanol–water partition coefficient (Wildman–Crippen LogP) is 1.14. The summed E-state index contributed by atoms with van der Waals surface area (Å²) < 4.78 is 0. The van der Waals surface area contributed by atoms with E-state index in [-0.39, 0.29) is 0 Å². The van der Waals surface area contributed by atoms with E-state index >= 15 is 0 Å². The summed E-state index contributed by atoms with van der Waals surface area (Å²) in [6.45, 7) is 0. The minimum absolute atomic E-state index is 0.379. The van der Waals surface area contributed by atoms with Gasteiger partial charge in [0.15, 0.2) is 0 Å². The third-order valence-electron chi connectivity index (χ3n) is 2.23. The number of hydrogen-bond acceptors (Lipinski definition) is 2. The van der Waals surface area contributed by atoms with E-state index in [0.717, 1.165) is 19.3 Å². The maximum Gasteiger partial charge on any atom is 0.320 e. The van der Waals surface area contributed by atoms with Gasteiger partial charge in [-0.2, -0.15) is 0 Å². The molecule has 0 amide bonds. The molecule has 68 valence electrons. The molecule has 0 saturated heterocycles. The Morgan fingerprint density at radius 1 is 1.75 bits per heavy atom. The maximum absolute atomic E-state index is 10.4. The molecule has 1 aliphatic rings. The van der Waals surface area contributed by atoms with Gasteiger partial charge >= 0.3 is 5.97 Å². The lowest BCUT2D eigenvalue weighted by Gasteiger charge is -2.17. The van der Waals surface area contributed by atoms with Crippen LogP contribution in [0.25, 0.3) is 0 Å². The van der Waals surface area contributed by atoms with Crippen molar-refractivity contribution in [2.75, 3.05) is 0 Å². The van der Waals surface area contributed by atoms with Crippen LogP contribution < -0.4 is 5.73 Å². The third-order valence-corrected chi connectivity index (χ3v) is 2.23. The summed E-state index contributed by atoms with van der Waals surface area (Å²) in [5.41, 5.74) is 5.41. The van der Waals surface area contributed by atoms with Crippen LogP contribution in [-0.4, -0.2) is 17.1 Å². The highest BCUT2D eigenvalue weighted by molar-refractivity contribution is 5.73. The van der Waals surface area contributed by atoms with Crippen LogP contribution in [-0.2, 0) is 4.79 Å². The van der Waals surface area contributed by atoms with Gasteiger partial charge in [0.1, 0.15) is 6.04 Å². The number of allylic oxidation sites excluding steroid dienone is 2. The van der Waals surface area contributed by atoms with E-state index in [9.17, 15) is 4.79 Å². The lowest BCUT2D eigenvalue weighted by atomic mass is 9.90. The van der Waals surface area contributed by atoms with Crippen LogP contribution in [0, 0.1) is 5.92 Å². The van der Waals surface area contributed by atoms with Gasteiger partial charge in [0.25, 0.3) is 0 Å². The second kappa shape index (κ2) is 4.26. The lowest BCUT2D eigenvalue weighted by Crippen LogP contribution is -2.32. The average Bonchev–Trinajstić information content (AvgIpc) is 2.06. The number of carboxylic acids is 1. The Hall–Kier alpha value is -0.830. The number of carboxylic acid groups (broad SMARTS) is 1. The van der Waals surface area contributed by atoms with Crippen LogP contribution in [0.15, 0.2) is 12.2 Å². The van der Waals surface area contributed by atoms with Gasteiger partial charge in [-0.05, 0) is 31.6 Å². The Bertz CT molecular complexity index is 189. The summed E-state index contributed by atoms with van der Waals surface area (Å²) >= 11 is 0. The molecule has 2 atom stereocenters. The smallest absolute Gasteiger partial charge is 0.320 e. The minimum atomic E-state index is -0.894. The second-order valence-corrected chi connectivity index (χ2v) is 3.30. The topological polar surface area (TPSA) is 63.3 Å². The van der Waals surface area contributed by atoms with Gasteiger partial charge in [-0.25, -0.2) is 0 Å². The average molecular weight is 169 g/mol. The summed E-state index contributed by atoms with van der Waals surface area (Å²) in [7, 11) is 0. The van der Waals surface area contributed by atoms with E-state index in [4.69, 9.17) is 10.8 Å². The molecule has 1 aliphatic carbocycles. The van der Waals surface area contributed by atoms with Crippen LogP contribution in [0.5, 0.6) is 0 Å². The molecule has 0 aromatic heterocycles. The highest BCUT2D eigenvalue weighted by atomic mass is 16.4. The Morgan fingerprint density at radius 3 is 3.00 bits per heavy atom. The Kier molecular flexibility index (Phi) is 3.29. The molecule has 0 aliphatic heterocycles. The molecule has 0 saturated carbocycles. The van der Waals surface area contributed by atoms with E-state index in [1.165, 1.54) is 0 Å². The molecule has 0 fully saturated rings. The molecule has 0 spiro atoms. The molecular formula is C9H15NO2. The standard InChI is InChI=1S/C9H15NO2/c10-8(9(11)12)6-7-4-2-1-3-5-7/h2,4,7-8H,1,3,5-6,10H2,(H,11,12)/t7-,8+/m0/s1. The summed E-state index contributed by atoms with van der Waals surface area (Å²) in [4.78, 5) is 10.4. The third kappa shape index (κ3) is 2.66. The van der Waals surface area contributed by atoms with Gasteiger partial charge in [-0.1, -0.05) is 12.2 Å². The molecule has 0 unspecified atom stereocenters. The van der Waals surface area contributed by atoms with Gasteiger partial charge in [-0.15, -0.1) is 0 Å². The first-order chi connectivity index (χ1) is 5.70. The van der Waals surface area contributed by atoms with Crippen molar-refractivity contribution in [1.29, 1.82) is 0 Å². The molecule has 3 nitrogen and oxygen atoms in total. The molecule has 3 heteroatoms. The Balaban J connectivity index is 2.34. The summed E-state index contributed by atoms with van der Waals surface area (Å²) in [6, 6.07) is -0.697. The van der Waals surface area contributed by atoms with Crippen molar-refractivity contribution in [3.05, 3.63) is 12.2 Å². The number of hydrogen-bond donors (Lipinski definition) is 2. The number of aliphatic carboxylic acids is 1. The fraction of sp³-hybridized carbons (Fsp3) is 0.667. The molecule has 12 heavy (non-hydrogen) atoms. The lowest BCUT2D eigenvalue weighted by molar-refractivity contribution is -0.138. The van der Waals surface area contributed by atoms with Crippen LogP contribution in [0.1, 0.15) is 25.7 Å². The molecule has 0 bridgehead atoms. The zero-order valence-corrected chi connectivity index (χ0v) is 7.07. The zero-order chi connectivity index (χ0) is 8.97. The van der Waals surface area contributed by atoms with Gasteiger partial charge < -0.3 is 10.8 Å². The number of rotatable bonds is 3. The van der Waals surface area contributed by atoms with Gasteiger partial charge in [0, 0.05) is 0 Å². The first kappa shape index (κ1) is 9.26. The first-order valence-corrected chi connectivity index (χ1v) is 4.35. The Labute approximate surface area is 72.3 Å². The van der Waals surface area contributed by atoms with E-state index in [1.54, 1.807) is 0 Å². The largest absolute Gasteiger partial charge is 0.480 e. The van der Waals surface area contributed by atoms with E-state index in [1.807, 2.05) is 0 Å². The van der Waals surface area contributed by atoms with Crippen LogP contribution >= 0.6 is 0 Å². The van der Waals surface area contributed by atoms with Crippen molar-refractivity contribution < 1.29 is 9.90 Å². The van der Waals surface area contributed by atoms with Crippen LogP contribution in [0.2, 0.25) is 0 Å². The molecule has 1 rings (SSSR count). The maximum atomic E-state index is 10.4.